The summed E-state index contributed by atoms with van der Waals surface area (Å²) in [4.78, 5) is 4.89. The van der Waals surface area contributed by atoms with Gasteiger partial charge in [-0.25, -0.2) is 18.2 Å². The van der Waals surface area contributed by atoms with Gasteiger partial charge in [0.25, 0.3) is 6.43 Å². The van der Waals surface area contributed by atoms with Crippen LogP contribution in [0.3, 0.4) is 0 Å². The Morgan fingerprint density at radius 1 is 1.38 bits per heavy atom. The second kappa shape index (κ2) is 7.61. The lowest BCUT2D eigenvalue weighted by Gasteiger charge is -2.24. The van der Waals surface area contributed by atoms with Crippen LogP contribution in [-0.4, -0.2) is 41.8 Å². The zero-order chi connectivity index (χ0) is 16.0. The molecule has 7 heteroatoms. The Hall–Kier alpha value is -1.34. The zero-order valence-corrected chi connectivity index (χ0v) is 12.5. The van der Waals surface area contributed by atoms with Gasteiger partial charge in [0, 0.05) is 30.4 Å². The van der Waals surface area contributed by atoms with Gasteiger partial charge in [0.15, 0.2) is 11.6 Å². The number of anilines is 1. The molecule has 0 fully saturated rings. The minimum Gasteiger partial charge on any atom is -0.395 e. The van der Waals surface area contributed by atoms with Crippen molar-refractivity contribution in [2.75, 3.05) is 24.6 Å². The maximum Gasteiger partial charge on any atom is 0.255 e. The summed E-state index contributed by atoms with van der Waals surface area (Å²) < 4.78 is 39.5. The van der Waals surface area contributed by atoms with Crippen LogP contribution >= 0.6 is 0 Å². The number of rotatable bonds is 7. The van der Waals surface area contributed by atoms with E-state index in [9.17, 15) is 13.2 Å². The molecule has 0 radical (unpaired) electrons. The first-order valence-electron chi connectivity index (χ1n) is 6.77. The monoisotopic (exact) mass is 305 g/mol. The van der Waals surface area contributed by atoms with Gasteiger partial charge in [0.05, 0.1) is 13.2 Å². The molecule has 1 aromatic heterocycles. The molecule has 1 rings (SSSR count). The van der Waals surface area contributed by atoms with Gasteiger partial charge in [-0.1, -0.05) is 0 Å². The molecule has 1 heterocycles. The summed E-state index contributed by atoms with van der Waals surface area (Å²) in [6.45, 7) is 5.00. The van der Waals surface area contributed by atoms with E-state index in [1.807, 2.05) is 20.8 Å². The maximum absolute atomic E-state index is 14.4. The van der Waals surface area contributed by atoms with Crippen LogP contribution in [0, 0.1) is 5.82 Å². The van der Waals surface area contributed by atoms with Gasteiger partial charge in [-0.3, -0.25) is 0 Å². The van der Waals surface area contributed by atoms with Crippen molar-refractivity contribution >= 4 is 5.82 Å². The molecule has 0 spiro atoms. The number of hydrogen-bond donors (Lipinski definition) is 2. The highest BCUT2D eigenvalue weighted by molar-refractivity contribution is 5.43. The van der Waals surface area contributed by atoms with E-state index < -0.39 is 18.8 Å². The lowest BCUT2D eigenvalue weighted by Crippen LogP contribution is -2.36. The third-order valence-corrected chi connectivity index (χ3v) is 2.79. The number of halogens is 3. The van der Waals surface area contributed by atoms with Crippen molar-refractivity contribution in [1.29, 1.82) is 0 Å². The molecule has 0 aliphatic carbocycles. The number of pyridine rings is 1. The van der Waals surface area contributed by atoms with Crippen molar-refractivity contribution in [2.24, 2.45) is 0 Å². The molecule has 0 aliphatic heterocycles. The number of aliphatic hydroxyl groups excluding tert-OH is 1. The Balaban J connectivity index is 2.96. The summed E-state index contributed by atoms with van der Waals surface area (Å²) in [7, 11) is 0. The lowest BCUT2D eigenvalue weighted by atomic mass is 10.1. The van der Waals surface area contributed by atoms with Crippen molar-refractivity contribution in [3.63, 3.8) is 0 Å². The fourth-order valence-electron chi connectivity index (χ4n) is 1.76. The van der Waals surface area contributed by atoms with Crippen molar-refractivity contribution in [3.8, 4) is 0 Å². The van der Waals surface area contributed by atoms with Gasteiger partial charge in [0.1, 0.15) is 0 Å². The summed E-state index contributed by atoms with van der Waals surface area (Å²) in [5.41, 5.74) is 0.163. The number of hydrogen-bond acceptors (Lipinski definition) is 4. The summed E-state index contributed by atoms with van der Waals surface area (Å²) in [5, 5.41) is 12.1. The number of nitrogens with zero attached hydrogens (tertiary/aromatic N) is 2. The van der Waals surface area contributed by atoms with Crippen LogP contribution in [-0.2, 0) is 6.54 Å². The third kappa shape index (κ3) is 5.89. The second-order valence-corrected chi connectivity index (χ2v) is 5.77. The van der Waals surface area contributed by atoms with Crippen LogP contribution in [0.1, 0.15) is 26.3 Å². The fourth-order valence-corrected chi connectivity index (χ4v) is 1.76. The van der Waals surface area contributed by atoms with Gasteiger partial charge >= 0.3 is 0 Å². The molecule has 120 valence electrons. The molecule has 0 bridgehead atoms. The van der Waals surface area contributed by atoms with E-state index in [-0.39, 0.29) is 31.1 Å². The Bertz CT molecular complexity index is 450. The molecule has 4 nitrogen and oxygen atoms in total. The van der Waals surface area contributed by atoms with Gasteiger partial charge < -0.3 is 15.3 Å². The van der Waals surface area contributed by atoms with Crippen LogP contribution in [0.2, 0.25) is 0 Å². The lowest BCUT2D eigenvalue weighted by molar-refractivity contribution is 0.152. The standard InChI is InChI=1S/C14H22F3N3O/c1-14(2,3)19-8-10-4-5-18-13(12(10)17)20(6-7-21)9-11(15)16/h4-5,11,19,21H,6-9H2,1-3H3. The van der Waals surface area contributed by atoms with Gasteiger partial charge in [-0.15, -0.1) is 0 Å². The van der Waals surface area contributed by atoms with E-state index in [1.165, 1.54) is 12.3 Å². The Morgan fingerprint density at radius 3 is 2.57 bits per heavy atom. The van der Waals surface area contributed by atoms with E-state index in [1.54, 1.807) is 0 Å². The molecule has 0 saturated heterocycles. The third-order valence-electron chi connectivity index (χ3n) is 2.79. The molecule has 0 atom stereocenters. The topological polar surface area (TPSA) is 48.4 Å². The summed E-state index contributed by atoms with van der Waals surface area (Å²) in [6, 6.07) is 1.51. The number of alkyl halides is 2. The maximum atomic E-state index is 14.4. The average molecular weight is 305 g/mol. The van der Waals surface area contributed by atoms with Gasteiger partial charge in [-0.05, 0) is 26.8 Å². The summed E-state index contributed by atoms with van der Waals surface area (Å²) in [5.74, 6) is -0.791. The Labute approximate surface area is 123 Å². The van der Waals surface area contributed by atoms with E-state index in [0.29, 0.717) is 5.56 Å². The smallest absolute Gasteiger partial charge is 0.255 e. The zero-order valence-electron chi connectivity index (χ0n) is 12.5. The van der Waals surface area contributed by atoms with Crippen LogP contribution in [0.5, 0.6) is 0 Å². The van der Waals surface area contributed by atoms with E-state index >= 15 is 0 Å². The highest BCUT2D eigenvalue weighted by Gasteiger charge is 2.20. The largest absolute Gasteiger partial charge is 0.395 e. The predicted octanol–water partition coefficient (Wildman–Crippen LogP) is 2.17. The predicted molar refractivity (Wildman–Crippen MR) is 76.1 cm³/mol. The van der Waals surface area contributed by atoms with E-state index in [0.717, 1.165) is 4.90 Å². The van der Waals surface area contributed by atoms with Crippen molar-refractivity contribution in [2.45, 2.75) is 39.3 Å². The first-order valence-corrected chi connectivity index (χ1v) is 6.77. The molecular formula is C14H22F3N3O. The Kier molecular flexibility index (Phi) is 6.42. The second-order valence-electron chi connectivity index (χ2n) is 5.77. The van der Waals surface area contributed by atoms with E-state index in [2.05, 4.69) is 10.3 Å². The molecule has 0 aromatic carbocycles. The first kappa shape index (κ1) is 17.7. The van der Waals surface area contributed by atoms with Crippen LogP contribution in [0.4, 0.5) is 19.0 Å². The van der Waals surface area contributed by atoms with Gasteiger partial charge in [0.2, 0.25) is 0 Å². The highest BCUT2D eigenvalue weighted by atomic mass is 19.3. The highest BCUT2D eigenvalue weighted by Crippen LogP contribution is 2.20. The van der Waals surface area contributed by atoms with E-state index in [4.69, 9.17) is 5.11 Å². The number of aromatic nitrogens is 1. The van der Waals surface area contributed by atoms with Crippen LogP contribution in [0.25, 0.3) is 0 Å². The molecule has 0 unspecified atom stereocenters. The van der Waals surface area contributed by atoms with Gasteiger partial charge in [-0.2, -0.15) is 0 Å². The van der Waals surface area contributed by atoms with Crippen LogP contribution in [0.15, 0.2) is 12.3 Å². The normalized spacial score (nSPS) is 12.0. The van der Waals surface area contributed by atoms with Crippen molar-refractivity contribution in [1.82, 2.24) is 10.3 Å². The minimum atomic E-state index is -2.63. The molecule has 0 aliphatic rings. The summed E-state index contributed by atoms with van der Waals surface area (Å²) >= 11 is 0. The van der Waals surface area contributed by atoms with Crippen LogP contribution < -0.4 is 10.2 Å². The first-order chi connectivity index (χ1) is 9.74. The fraction of sp³-hybridized carbons (Fsp3) is 0.643. The molecule has 2 N–H and O–H groups in total. The average Bonchev–Trinajstić information content (AvgIpc) is 2.35. The molecule has 0 saturated carbocycles. The SMILES string of the molecule is CC(C)(C)NCc1ccnc(N(CCO)CC(F)F)c1F. The van der Waals surface area contributed by atoms with Crippen molar-refractivity contribution in [3.05, 3.63) is 23.6 Å². The minimum absolute atomic E-state index is 0.0928. The Morgan fingerprint density at radius 2 is 2.05 bits per heavy atom. The molecule has 0 amide bonds. The van der Waals surface area contributed by atoms with Crippen molar-refractivity contribution < 1.29 is 18.3 Å². The number of aliphatic hydroxyl groups is 1. The summed E-state index contributed by atoms with van der Waals surface area (Å²) in [6.07, 6.45) is -1.25. The molecule has 21 heavy (non-hydrogen) atoms. The molecule has 1 aromatic rings. The quantitative estimate of drug-likeness (QED) is 0.810. The molecular weight excluding hydrogens is 283 g/mol. The number of nitrogens with one attached hydrogen (secondary N) is 1.